The number of nitrogens with one attached hydrogen (secondary N) is 2. The van der Waals surface area contributed by atoms with E-state index in [1.807, 2.05) is 44.2 Å². The number of aryl methyl sites for hydroxylation is 3. The lowest BCUT2D eigenvalue weighted by atomic mass is 9.87. The number of benzene rings is 3. The molecule has 1 aliphatic carbocycles. The van der Waals surface area contributed by atoms with Crippen molar-refractivity contribution in [3.05, 3.63) is 94.5 Å². The van der Waals surface area contributed by atoms with Gasteiger partial charge in [-0.25, -0.2) is 4.79 Å². The minimum atomic E-state index is -2.20. The number of carbonyl (C=O) groups excluding carboxylic acids is 2. The van der Waals surface area contributed by atoms with Crippen LogP contribution >= 0.6 is 0 Å². The second kappa shape index (κ2) is 8.05. The van der Waals surface area contributed by atoms with Crippen molar-refractivity contribution in [2.45, 2.75) is 44.9 Å². The highest BCUT2D eigenvalue weighted by Gasteiger charge is 2.52. The number of carbonyl (C=O) groups is 2. The lowest BCUT2D eigenvalue weighted by molar-refractivity contribution is -0.141. The smallest absolute Gasteiger partial charge is 0.329 e. The summed E-state index contributed by atoms with van der Waals surface area (Å²) < 4.78 is 0. The first kappa shape index (κ1) is 21.2. The zero-order valence-electron chi connectivity index (χ0n) is 18.8. The predicted octanol–water partition coefficient (Wildman–Crippen LogP) is 4.69. The molecule has 3 amide bonds. The van der Waals surface area contributed by atoms with Crippen LogP contribution in [0.2, 0.25) is 0 Å². The first-order valence-electron chi connectivity index (χ1n) is 11.3. The average Bonchev–Trinajstić information content (AvgIpc) is 2.81. The molecule has 1 aliphatic heterocycles. The minimum Gasteiger partial charge on any atom is -0.359 e. The summed E-state index contributed by atoms with van der Waals surface area (Å²) in [6.45, 7) is 3.91. The SMILES string of the molecule is Cc1ccc(N2C(=O)Nc3ccccc3C2(O)C(=O)NC2CCCc3ccccc32)cc1C. The largest absolute Gasteiger partial charge is 0.359 e. The van der Waals surface area contributed by atoms with Crippen LogP contribution in [-0.2, 0) is 16.9 Å². The number of hydrogen-bond donors (Lipinski definition) is 3. The summed E-state index contributed by atoms with van der Waals surface area (Å²) in [7, 11) is 0. The van der Waals surface area contributed by atoms with Gasteiger partial charge in [0.15, 0.2) is 0 Å². The topological polar surface area (TPSA) is 81.7 Å². The van der Waals surface area contributed by atoms with Gasteiger partial charge < -0.3 is 15.7 Å². The van der Waals surface area contributed by atoms with Crippen LogP contribution in [0.3, 0.4) is 0 Å². The van der Waals surface area contributed by atoms with Crippen LogP contribution in [0.1, 0.15) is 46.7 Å². The van der Waals surface area contributed by atoms with Crippen molar-refractivity contribution in [3.8, 4) is 0 Å². The number of para-hydroxylation sites is 1. The number of amides is 3. The fraction of sp³-hybridized carbons (Fsp3) is 0.259. The van der Waals surface area contributed by atoms with E-state index in [2.05, 4.69) is 16.7 Å². The molecule has 0 saturated carbocycles. The highest BCUT2D eigenvalue weighted by atomic mass is 16.3. The molecule has 3 N–H and O–H groups in total. The van der Waals surface area contributed by atoms with Gasteiger partial charge in [-0.05, 0) is 73.6 Å². The Bertz CT molecular complexity index is 1250. The molecule has 0 radical (unpaired) electrons. The molecule has 0 fully saturated rings. The molecule has 6 heteroatoms. The maximum Gasteiger partial charge on any atom is 0.329 e. The minimum absolute atomic E-state index is 0.231. The maximum atomic E-state index is 13.9. The fourth-order valence-corrected chi connectivity index (χ4v) is 4.89. The molecule has 1 heterocycles. The number of hydrogen-bond acceptors (Lipinski definition) is 3. The van der Waals surface area contributed by atoms with Crippen LogP contribution in [0.5, 0.6) is 0 Å². The molecule has 168 valence electrons. The number of urea groups is 1. The first-order chi connectivity index (χ1) is 15.9. The number of rotatable bonds is 3. The summed E-state index contributed by atoms with van der Waals surface area (Å²) in [6.07, 6.45) is 2.68. The molecule has 3 aromatic carbocycles. The lowest BCUT2D eigenvalue weighted by Gasteiger charge is -2.43. The highest BCUT2D eigenvalue weighted by Crippen LogP contribution is 2.41. The van der Waals surface area contributed by atoms with E-state index in [0.29, 0.717) is 16.9 Å². The summed E-state index contributed by atoms with van der Waals surface area (Å²) in [5, 5.41) is 17.9. The zero-order chi connectivity index (χ0) is 23.2. The molecule has 6 nitrogen and oxygen atoms in total. The van der Waals surface area contributed by atoms with E-state index < -0.39 is 17.7 Å². The van der Waals surface area contributed by atoms with Crippen molar-refractivity contribution >= 4 is 23.3 Å². The molecular formula is C27H27N3O3. The normalized spacial score (nSPS) is 21.6. The van der Waals surface area contributed by atoms with Crippen LogP contribution in [0, 0.1) is 13.8 Å². The van der Waals surface area contributed by atoms with E-state index in [1.165, 1.54) is 5.56 Å². The number of anilines is 2. The Morgan fingerprint density at radius 3 is 2.64 bits per heavy atom. The van der Waals surface area contributed by atoms with E-state index in [0.717, 1.165) is 40.9 Å². The van der Waals surface area contributed by atoms with Gasteiger partial charge in [-0.2, -0.15) is 0 Å². The van der Waals surface area contributed by atoms with E-state index in [-0.39, 0.29) is 6.04 Å². The monoisotopic (exact) mass is 441 g/mol. The Hall–Kier alpha value is -3.64. The van der Waals surface area contributed by atoms with Gasteiger partial charge in [0.1, 0.15) is 0 Å². The zero-order valence-corrected chi connectivity index (χ0v) is 18.8. The van der Waals surface area contributed by atoms with Gasteiger partial charge in [0.2, 0.25) is 0 Å². The van der Waals surface area contributed by atoms with Gasteiger partial charge in [-0.1, -0.05) is 48.5 Å². The lowest BCUT2D eigenvalue weighted by Crippen LogP contribution is -2.63. The fourth-order valence-electron chi connectivity index (χ4n) is 4.89. The molecule has 5 rings (SSSR count). The van der Waals surface area contributed by atoms with Gasteiger partial charge in [0.25, 0.3) is 11.6 Å². The van der Waals surface area contributed by atoms with Crippen molar-refractivity contribution in [2.75, 3.05) is 10.2 Å². The molecule has 33 heavy (non-hydrogen) atoms. The highest BCUT2D eigenvalue weighted by molar-refractivity contribution is 6.12. The standard InChI is InChI=1S/C27H27N3O3/c1-17-14-15-20(16-18(17)2)30-26(32)29-24-12-6-5-11-22(24)27(30,33)25(31)28-23-13-7-9-19-8-3-4-10-21(19)23/h3-6,8,10-12,14-16,23,33H,7,9,13H2,1-2H3,(H,28,31)(H,29,32). The third kappa shape index (κ3) is 3.47. The molecular weight excluding hydrogens is 414 g/mol. The molecule has 3 aromatic rings. The molecule has 2 aliphatic rings. The van der Waals surface area contributed by atoms with Crippen LogP contribution in [-0.4, -0.2) is 17.0 Å². The second-order valence-corrected chi connectivity index (χ2v) is 8.87. The van der Waals surface area contributed by atoms with Gasteiger partial charge in [-0.3, -0.25) is 9.69 Å². The molecule has 0 bridgehead atoms. The van der Waals surface area contributed by atoms with Crippen molar-refractivity contribution in [2.24, 2.45) is 0 Å². The van der Waals surface area contributed by atoms with Crippen molar-refractivity contribution in [3.63, 3.8) is 0 Å². The Kier molecular flexibility index (Phi) is 5.17. The van der Waals surface area contributed by atoms with Gasteiger partial charge in [0, 0.05) is 11.3 Å². The van der Waals surface area contributed by atoms with Crippen molar-refractivity contribution < 1.29 is 14.7 Å². The van der Waals surface area contributed by atoms with E-state index in [9.17, 15) is 14.7 Å². The molecule has 2 atom stereocenters. The van der Waals surface area contributed by atoms with E-state index in [1.54, 1.807) is 30.3 Å². The third-order valence-corrected chi connectivity index (χ3v) is 6.81. The molecule has 0 aromatic heterocycles. The summed E-state index contributed by atoms with van der Waals surface area (Å²) in [5.41, 5.74) is 3.29. The summed E-state index contributed by atoms with van der Waals surface area (Å²) in [6, 6.07) is 19.6. The Labute approximate surface area is 193 Å². The Balaban J connectivity index is 1.60. The maximum absolute atomic E-state index is 13.9. The van der Waals surface area contributed by atoms with Gasteiger partial charge in [0.05, 0.1) is 11.7 Å². The summed E-state index contributed by atoms with van der Waals surface area (Å²) in [5.74, 6) is -0.621. The van der Waals surface area contributed by atoms with Gasteiger partial charge >= 0.3 is 6.03 Å². The summed E-state index contributed by atoms with van der Waals surface area (Å²) in [4.78, 5) is 28.3. The van der Waals surface area contributed by atoms with Crippen molar-refractivity contribution in [1.29, 1.82) is 0 Å². The van der Waals surface area contributed by atoms with E-state index >= 15 is 0 Å². The van der Waals surface area contributed by atoms with Crippen LogP contribution < -0.4 is 15.5 Å². The average molecular weight is 442 g/mol. The number of nitrogens with zero attached hydrogens (tertiary/aromatic N) is 1. The predicted molar refractivity (Wildman–Crippen MR) is 128 cm³/mol. The third-order valence-electron chi connectivity index (χ3n) is 6.81. The van der Waals surface area contributed by atoms with Crippen molar-refractivity contribution in [1.82, 2.24) is 5.32 Å². The van der Waals surface area contributed by atoms with E-state index in [4.69, 9.17) is 0 Å². The Morgan fingerprint density at radius 1 is 1.06 bits per heavy atom. The quantitative estimate of drug-likeness (QED) is 0.551. The van der Waals surface area contributed by atoms with Crippen LogP contribution in [0.15, 0.2) is 66.7 Å². The van der Waals surface area contributed by atoms with Crippen LogP contribution in [0.4, 0.5) is 16.2 Å². The van der Waals surface area contributed by atoms with Crippen LogP contribution in [0.25, 0.3) is 0 Å². The molecule has 0 spiro atoms. The number of fused-ring (bicyclic) bond motifs is 2. The molecule has 0 saturated heterocycles. The first-order valence-corrected chi connectivity index (χ1v) is 11.3. The number of aliphatic hydroxyl groups is 1. The molecule has 2 unspecified atom stereocenters. The van der Waals surface area contributed by atoms with Gasteiger partial charge in [-0.15, -0.1) is 0 Å². The Morgan fingerprint density at radius 2 is 1.82 bits per heavy atom. The summed E-state index contributed by atoms with van der Waals surface area (Å²) >= 11 is 0. The second-order valence-electron chi connectivity index (χ2n) is 8.87.